The molecule has 0 bridgehead atoms. The Morgan fingerprint density at radius 2 is 1.78 bits per heavy atom. The highest BCUT2D eigenvalue weighted by Gasteiger charge is 2.30. The number of anilines is 2. The summed E-state index contributed by atoms with van der Waals surface area (Å²) in [5, 5.41) is 0. The van der Waals surface area contributed by atoms with E-state index in [2.05, 4.69) is 0 Å². The maximum atomic E-state index is 12.0. The number of para-hydroxylation sites is 2. The number of ether oxygens (including phenoxy) is 1. The molecule has 5 nitrogen and oxygen atoms in total. The van der Waals surface area contributed by atoms with Crippen molar-refractivity contribution in [1.29, 1.82) is 0 Å². The number of nitrogens with two attached hydrogens (primary N) is 1. The lowest BCUT2D eigenvalue weighted by molar-refractivity contribution is -0.146. The molecule has 118 valence electrons. The van der Waals surface area contributed by atoms with Crippen molar-refractivity contribution in [2.75, 3.05) is 10.8 Å². The molecule has 23 heavy (non-hydrogen) atoms. The van der Waals surface area contributed by atoms with Crippen LogP contribution in [0.4, 0.5) is 16.2 Å². The van der Waals surface area contributed by atoms with Crippen LogP contribution in [0.3, 0.4) is 0 Å². The SMILES string of the molecule is NC(=O)N1c2ccccc2CC(OC(=O)CCl)c2ccccc21. The molecule has 2 aromatic carbocycles. The van der Waals surface area contributed by atoms with Gasteiger partial charge in [0.1, 0.15) is 12.0 Å². The van der Waals surface area contributed by atoms with Gasteiger partial charge in [-0.15, -0.1) is 11.6 Å². The lowest BCUT2D eigenvalue weighted by Gasteiger charge is -2.23. The number of carbonyl (C=O) groups excluding carboxylic acids is 2. The zero-order chi connectivity index (χ0) is 16.4. The molecule has 0 saturated carbocycles. The smallest absolute Gasteiger partial charge is 0.323 e. The van der Waals surface area contributed by atoms with Crippen LogP contribution in [0.15, 0.2) is 48.5 Å². The molecular formula is C17H15ClN2O3. The van der Waals surface area contributed by atoms with Crippen LogP contribution in [0.1, 0.15) is 17.2 Å². The molecular weight excluding hydrogens is 316 g/mol. The van der Waals surface area contributed by atoms with Crippen LogP contribution in [-0.2, 0) is 16.0 Å². The van der Waals surface area contributed by atoms with E-state index in [1.54, 1.807) is 6.07 Å². The largest absolute Gasteiger partial charge is 0.456 e. The van der Waals surface area contributed by atoms with Gasteiger partial charge >= 0.3 is 12.0 Å². The van der Waals surface area contributed by atoms with Crippen molar-refractivity contribution in [2.24, 2.45) is 5.73 Å². The van der Waals surface area contributed by atoms with Gasteiger partial charge in [-0.25, -0.2) is 4.79 Å². The summed E-state index contributed by atoms with van der Waals surface area (Å²) >= 11 is 5.56. The van der Waals surface area contributed by atoms with Crippen molar-refractivity contribution in [3.05, 3.63) is 59.7 Å². The molecule has 0 spiro atoms. The summed E-state index contributed by atoms with van der Waals surface area (Å²) in [4.78, 5) is 25.2. The monoisotopic (exact) mass is 330 g/mol. The van der Waals surface area contributed by atoms with E-state index < -0.39 is 18.1 Å². The van der Waals surface area contributed by atoms with Gasteiger partial charge in [-0.1, -0.05) is 36.4 Å². The van der Waals surface area contributed by atoms with Gasteiger partial charge in [0.25, 0.3) is 0 Å². The molecule has 1 atom stereocenters. The van der Waals surface area contributed by atoms with Crippen molar-refractivity contribution < 1.29 is 14.3 Å². The Balaban J connectivity index is 2.18. The quantitative estimate of drug-likeness (QED) is 0.678. The third-order valence-electron chi connectivity index (χ3n) is 3.77. The predicted octanol–water partition coefficient (Wildman–Crippen LogP) is 3.28. The molecule has 2 N–H and O–H groups in total. The molecule has 2 amide bonds. The number of fused-ring (bicyclic) bond motifs is 2. The number of primary amides is 1. The van der Waals surface area contributed by atoms with Crippen LogP contribution < -0.4 is 10.6 Å². The second-order valence-electron chi connectivity index (χ2n) is 5.18. The summed E-state index contributed by atoms with van der Waals surface area (Å²) in [7, 11) is 0. The second-order valence-corrected chi connectivity index (χ2v) is 5.44. The van der Waals surface area contributed by atoms with E-state index in [9.17, 15) is 9.59 Å². The van der Waals surface area contributed by atoms with Crippen LogP contribution in [0.5, 0.6) is 0 Å². The number of rotatable bonds is 2. The summed E-state index contributed by atoms with van der Waals surface area (Å²) in [6.07, 6.45) is -0.0810. The third kappa shape index (κ3) is 2.87. The lowest BCUT2D eigenvalue weighted by Crippen LogP contribution is -2.32. The van der Waals surface area contributed by atoms with Crippen LogP contribution in [0.2, 0.25) is 0 Å². The van der Waals surface area contributed by atoms with E-state index in [-0.39, 0.29) is 5.88 Å². The van der Waals surface area contributed by atoms with Crippen LogP contribution in [0, 0.1) is 0 Å². The topological polar surface area (TPSA) is 72.6 Å². The maximum Gasteiger partial charge on any atom is 0.323 e. The van der Waals surface area contributed by atoms with Gasteiger partial charge in [-0.2, -0.15) is 0 Å². The van der Waals surface area contributed by atoms with Crippen molar-refractivity contribution in [1.82, 2.24) is 0 Å². The normalized spacial score (nSPS) is 16.0. The number of amides is 2. The molecule has 3 rings (SSSR count). The minimum Gasteiger partial charge on any atom is -0.456 e. The first-order valence-corrected chi connectivity index (χ1v) is 7.67. The fraction of sp³-hybridized carbons (Fsp3) is 0.176. The van der Waals surface area contributed by atoms with E-state index in [1.807, 2.05) is 42.5 Å². The van der Waals surface area contributed by atoms with Gasteiger partial charge in [0.2, 0.25) is 0 Å². The maximum absolute atomic E-state index is 12.0. The molecule has 0 radical (unpaired) electrons. The highest BCUT2D eigenvalue weighted by atomic mass is 35.5. The number of halogens is 1. The molecule has 0 aromatic heterocycles. The predicted molar refractivity (Wildman–Crippen MR) is 87.9 cm³/mol. The lowest BCUT2D eigenvalue weighted by atomic mass is 10.0. The Labute approximate surface area is 138 Å². The number of hydrogen-bond acceptors (Lipinski definition) is 3. The van der Waals surface area contributed by atoms with Crippen LogP contribution >= 0.6 is 11.6 Å². The molecule has 1 unspecified atom stereocenters. The summed E-state index contributed by atoms with van der Waals surface area (Å²) in [6, 6.07) is 14.1. The molecule has 0 fully saturated rings. The molecule has 1 aliphatic heterocycles. The van der Waals surface area contributed by atoms with Crippen molar-refractivity contribution in [2.45, 2.75) is 12.5 Å². The highest BCUT2D eigenvalue weighted by molar-refractivity contribution is 6.26. The first-order valence-electron chi connectivity index (χ1n) is 7.13. The fourth-order valence-electron chi connectivity index (χ4n) is 2.84. The molecule has 2 aromatic rings. The average molecular weight is 331 g/mol. The Kier molecular flexibility index (Phi) is 4.21. The fourth-order valence-corrected chi connectivity index (χ4v) is 2.90. The molecule has 0 saturated heterocycles. The number of nitrogens with zero attached hydrogens (tertiary/aromatic N) is 1. The summed E-state index contributed by atoms with van der Waals surface area (Å²) in [5.74, 6) is -0.726. The summed E-state index contributed by atoms with van der Waals surface area (Å²) < 4.78 is 5.48. The van der Waals surface area contributed by atoms with Crippen molar-refractivity contribution in [3.63, 3.8) is 0 Å². The van der Waals surface area contributed by atoms with Gasteiger partial charge in [0.15, 0.2) is 0 Å². The Morgan fingerprint density at radius 1 is 1.13 bits per heavy atom. The van der Waals surface area contributed by atoms with Gasteiger partial charge < -0.3 is 10.5 Å². The zero-order valence-electron chi connectivity index (χ0n) is 12.2. The van der Waals surface area contributed by atoms with Gasteiger partial charge in [0.05, 0.1) is 11.4 Å². The number of alkyl halides is 1. The second kappa shape index (κ2) is 6.30. The number of carbonyl (C=O) groups is 2. The van der Waals surface area contributed by atoms with Crippen molar-refractivity contribution in [3.8, 4) is 0 Å². The van der Waals surface area contributed by atoms with Gasteiger partial charge in [0, 0.05) is 12.0 Å². The average Bonchev–Trinajstić information content (AvgIpc) is 2.69. The van der Waals surface area contributed by atoms with Crippen LogP contribution in [-0.4, -0.2) is 17.9 Å². The first kappa shape index (κ1) is 15.4. The third-order valence-corrected chi connectivity index (χ3v) is 3.98. The molecule has 1 heterocycles. The number of hydrogen-bond donors (Lipinski definition) is 1. The number of benzene rings is 2. The molecule has 1 aliphatic rings. The Morgan fingerprint density at radius 3 is 2.48 bits per heavy atom. The Bertz CT molecular complexity index is 763. The number of esters is 1. The van der Waals surface area contributed by atoms with E-state index in [0.29, 0.717) is 17.8 Å². The van der Waals surface area contributed by atoms with Gasteiger partial charge in [-0.05, 0) is 17.7 Å². The standard InChI is InChI=1S/C17H15ClN2O3/c18-10-16(21)23-15-9-11-5-1-3-7-13(11)20(17(19)22)14-8-4-2-6-12(14)15/h1-8,15H,9-10H2,(H2,19,22). The van der Waals surface area contributed by atoms with E-state index in [4.69, 9.17) is 22.1 Å². The summed E-state index contributed by atoms with van der Waals surface area (Å²) in [6.45, 7) is 0. The Hall–Kier alpha value is -2.53. The van der Waals surface area contributed by atoms with E-state index in [1.165, 1.54) is 4.90 Å². The first-order chi connectivity index (χ1) is 11.1. The van der Waals surface area contributed by atoms with Gasteiger partial charge in [-0.3, -0.25) is 9.69 Å². The van der Waals surface area contributed by atoms with E-state index in [0.717, 1.165) is 11.1 Å². The summed E-state index contributed by atoms with van der Waals surface area (Å²) in [5.41, 5.74) is 8.49. The highest BCUT2D eigenvalue weighted by Crippen LogP contribution is 2.41. The van der Waals surface area contributed by atoms with Crippen LogP contribution in [0.25, 0.3) is 0 Å². The van der Waals surface area contributed by atoms with Crippen molar-refractivity contribution >= 4 is 35.0 Å². The molecule has 6 heteroatoms. The molecule has 0 aliphatic carbocycles. The number of urea groups is 1. The minimum absolute atomic E-state index is 0.222. The van der Waals surface area contributed by atoms with E-state index >= 15 is 0 Å². The zero-order valence-corrected chi connectivity index (χ0v) is 13.0. The minimum atomic E-state index is -0.589.